The average molecular weight is 353 g/mol. The standard InChI is InChI=1S/C19H19N3O4/c1-10-5-6-15(11(2)7-10)21-16(23)9-25-19(24)14-8-12(3)20-18-17(14)13(4)22-26-18/h5-8H,9H2,1-4H3,(H,21,23). The van der Waals surface area contributed by atoms with Crippen LogP contribution in [0.15, 0.2) is 28.8 Å². The number of benzene rings is 1. The topological polar surface area (TPSA) is 94.3 Å². The molecule has 1 N–H and O–H groups in total. The van der Waals surface area contributed by atoms with Gasteiger partial charge in [-0.3, -0.25) is 4.79 Å². The Morgan fingerprint density at radius 2 is 1.92 bits per heavy atom. The number of carbonyl (C=O) groups excluding carboxylic acids is 2. The van der Waals surface area contributed by atoms with Crippen LogP contribution in [-0.2, 0) is 9.53 Å². The lowest BCUT2D eigenvalue weighted by atomic mass is 10.1. The van der Waals surface area contributed by atoms with Crippen LogP contribution in [0.2, 0.25) is 0 Å². The van der Waals surface area contributed by atoms with E-state index in [1.165, 1.54) is 0 Å². The van der Waals surface area contributed by atoms with Gasteiger partial charge < -0.3 is 14.6 Å². The van der Waals surface area contributed by atoms with Crippen LogP contribution in [0.1, 0.15) is 32.9 Å². The zero-order valence-corrected chi connectivity index (χ0v) is 15.0. The zero-order valence-electron chi connectivity index (χ0n) is 15.0. The van der Waals surface area contributed by atoms with E-state index in [1.54, 1.807) is 19.9 Å². The molecule has 0 aliphatic rings. The maximum Gasteiger partial charge on any atom is 0.339 e. The van der Waals surface area contributed by atoms with Gasteiger partial charge in [-0.15, -0.1) is 0 Å². The number of aromatic nitrogens is 2. The summed E-state index contributed by atoms with van der Waals surface area (Å²) in [6, 6.07) is 7.28. The summed E-state index contributed by atoms with van der Waals surface area (Å²) >= 11 is 0. The molecule has 2 aromatic heterocycles. The first-order chi connectivity index (χ1) is 12.3. The van der Waals surface area contributed by atoms with E-state index in [2.05, 4.69) is 15.5 Å². The Balaban J connectivity index is 1.71. The van der Waals surface area contributed by atoms with Crippen LogP contribution in [0.4, 0.5) is 5.69 Å². The van der Waals surface area contributed by atoms with Crippen LogP contribution < -0.4 is 5.32 Å². The van der Waals surface area contributed by atoms with Crippen molar-refractivity contribution in [1.29, 1.82) is 0 Å². The Hall–Kier alpha value is -3.22. The highest BCUT2D eigenvalue weighted by Crippen LogP contribution is 2.22. The first kappa shape index (κ1) is 17.6. The van der Waals surface area contributed by atoms with Crippen molar-refractivity contribution in [3.05, 3.63) is 52.3 Å². The average Bonchev–Trinajstić information content (AvgIpc) is 2.95. The number of hydrogen-bond donors (Lipinski definition) is 1. The minimum Gasteiger partial charge on any atom is -0.452 e. The number of fused-ring (bicyclic) bond motifs is 1. The second kappa shape index (κ2) is 6.95. The van der Waals surface area contributed by atoms with Crippen LogP contribution in [0.3, 0.4) is 0 Å². The monoisotopic (exact) mass is 353 g/mol. The lowest BCUT2D eigenvalue weighted by Gasteiger charge is -2.10. The fourth-order valence-electron chi connectivity index (χ4n) is 2.73. The lowest BCUT2D eigenvalue weighted by molar-refractivity contribution is -0.119. The van der Waals surface area contributed by atoms with Gasteiger partial charge in [-0.25, -0.2) is 9.78 Å². The molecule has 3 aromatic rings. The maximum absolute atomic E-state index is 12.4. The minimum absolute atomic E-state index is 0.272. The summed E-state index contributed by atoms with van der Waals surface area (Å²) in [5, 5.41) is 7.06. The van der Waals surface area contributed by atoms with E-state index in [9.17, 15) is 9.59 Å². The molecule has 0 aliphatic heterocycles. The quantitative estimate of drug-likeness (QED) is 0.724. The predicted molar refractivity (Wildman–Crippen MR) is 96.1 cm³/mol. The number of hydrogen-bond acceptors (Lipinski definition) is 6. The van der Waals surface area contributed by atoms with Gasteiger partial charge in [-0.2, -0.15) is 0 Å². The van der Waals surface area contributed by atoms with Crippen molar-refractivity contribution in [3.8, 4) is 0 Å². The molecule has 0 bridgehead atoms. The third-order valence-corrected chi connectivity index (χ3v) is 3.96. The molecule has 0 aliphatic carbocycles. The number of carbonyl (C=O) groups is 2. The molecule has 134 valence electrons. The summed E-state index contributed by atoms with van der Waals surface area (Å²) in [6.07, 6.45) is 0. The van der Waals surface area contributed by atoms with Gasteiger partial charge in [-0.1, -0.05) is 22.9 Å². The molecule has 7 heteroatoms. The highest BCUT2D eigenvalue weighted by Gasteiger charge is 2.20. The van der Waals surface area contributed by atoms with Gasteiger partial charge in [0.15, 0.2) is 6.61 Å². The molecule has 0 saturated carbocycles. The van der Waals surface area contributed by atoms with Crippen LogP contribution in [0.25, 0.3) is 11.1 Å². The zero-order chi connectivity index (χ0) is 18.8. The Morgan fingerprint density at radius 3 is 2.65 bits per heavy atom. The summed E-state index contributed by atoms with van der Waals surface area (Å²) in [4.78, 5) is 28.7. The molecule has 1 amide bonds. The number of nitrogens with one attached hydrogen (secondary N) is 1. The molecule has 1 aromatic carbocycles. The van der Waals surface area contributed by atoms with E-state index >= 15 is 0 Å². The van der Waals surface area contributed by atoms with E-state index in [-0.39, 0.29) is 17.9 Å². The van der Waals surface area contributed by atoms with E-state index in [0.29, 0.717) is 22.5 Å². The van der Waals surface area contributed by atoms with Crippen molar-refractivity contribution < 1.29 is 18.8 Å². The molecule has 7 nitrogen and oxygen atoms in total. The van der Waals surface area contributed by atoms with Crippen LogP contribution >= 0.6 is 0 Å². The molecule has 0 saturated heterocycles. The van der Waals surface area contributed by atoms with Gasteiger partial charge in [0, 0.05) is 11.4 Å². The number of nitrogens with zero attached hydrogens (tertiary/aromatic N) is 2. The third kappa shape index (κ3) is 3.56. The second-order valence-corrected chi connectivity index (χ2v) is 6.20. The Morgan fingerprint density at radius 1 is 1.15 bits per heavy atom. The molecule has 26 heavy (non-hydrogen) atoms. The number of amides is 1. The van der Waals surface area contributed by atoms with E-state index in [0.717, 1.165) is 11.1 Å². The lowest BCUT2D eigenvalue weighted by Crippen LogP contribution is -2.21. The number of ether oxygens (including phenoxy) is 1. The highest BCUT2D eigenvalue weighted by atomic mass is 16.5. The molecule has 0 spiro atoms. The van der Waals surface area contributed by atoms with Crippen molar-refractivity contribution in [2.75, 3.05) is 11.9 Å². The van der Waals surface area contributed by atoms with Crippen molar-refractivity contribution in [3.63, 3.8) is 0 Å². The third-order valence-electron chi connectivity index (χ3n) is 3.96. The minimum atomic E-state index is -0.623. The number of anilines is 1. The molecule has 2 heterocycles. The van der Waals surface area contributed by atoms with E-state index in [1.807, 2.05) is 32.0 Å². The molecule has 0 radical (unpaired) electrons. The Bertz CT molecular complexity index is 1010. The smallest absolute Gasteiger partial charge is 0.339 e. The summed E-state index contributed by atoms with van der Waals surface area (Å²) in [5.41, 5.74) is 4.43. The number of rotatable bonds is 4. The summed E-state index contributed by atoms with van der Waals surface area (Å²) < 4.78 is 10.3. The van der Waals surface area contributed by atoms with Gasteiger partial charge >= 0.3 is 5.97 Å². The van der Waals surface area contributed by atoms with Crippen molar-refractivity contribution >= 4 is 28.7 Å². The van der Waals surface area contributed by atoms with Crippen LogP contribution in [-0.4, -0.2) is 28.6 Å². The Kier molecular flexibility index (Phi) is 4.71. The van der Waals surface area contributed by atoms with Gasteiger partial charge in [0.1, 0.15) is 0 Å². The molecule has 3 rings (SSSR count). The van der Waals surface area contributed by atoms with Crippen molar-refractivity contribution in [2.45, 2.75) is 27.7 Å². The van der Waals surface area contributed by atoms with Crippen LogP contribution in [0.5, 0.6) is 0 Å². The molecule has 0 atom stereocenters. The number of pyridine rings is 1. The summed E-state index contributed by atoms with van der Waals surface area (Å²) in [7, 11) is 0. The van der Waals surface area contributed by atoms with Gasteiger partial charge in [0.25, 0.3) is 11.6 Å². The van der Waals surface area contributed by atoms with Crippen LogP contribution in [0, 0.1) is 27.7 Å². The largest absolute Gasteiger partial charge is 0.452 e. The van der Waals surface area contributed by atoms with Crippen molar-refractivity contribution in [2.24, 2.45) is 0 Å². The normalized spacial score (nSPS) is 10.8. The van der Waals surface area contributed by atoms with E-state index in [4.69, 9.17) is 9.26 Å². The molecular formula is C19H19N3O4. The fourth-order valence-corrected chi connectivity index (χ4v) is 2.73. The summed E-state index contributed by atoms with van der Waals surface area (Å²) in [6.45, 7) is 6.94. The fraction of sp³-hybridized carbons (Fsp3) is 0.263. The second-order valence-electron chi connectivity index (χ2n) is 6.20. The predicted octanol–water partition coefficient (Wildman–Crippen LogP) is 3.25. The molecule has 0 unspecified atom stereocenters. The number of aryl methyl sites for hydroxylation is 4. The molecule has 0 fully saturated rings. The maximum atomic E-state index is 12.4. The van der Waals surface area contributed by atoms with Gasteiger partial charge in [0.2, 0.25) is 0 Å². The Labute approximate surface area is 150 Å². The van der Waals surface area contributed by atoms with Gasteiger partial charge in [-0.05, 0) is 45.4 Å². The molecular weight excluding hydrogens is 334 g/mol. The highest BCUT2D eigenvalue weighted by molar-refractivity contribution is 6.04. The van der Waals surface area contributed by atoms with Crippen molar-refractivity contribution in [1.82, 2.24) is 10.1 Å². The summed E-state index contributed by atoms with van der Waals surface area (Å²) in [5.74, 6) is -1.03. The van der Waals surface area contributed by atoms with E-state index < -0.39 is 11.9 Å². The van der Waals surface area contributed by atoms with Gasteiger partial charge in [0.05, 0.1) is 16.6 Å². The first-order valence-electron chi connectivity index (χ1n) is 8.13. The SMILES string of the molecule is Cc1ccc(NC(=O)COC(=O)c2cc(C)nc3onc(C)c23)c(C)c1. The number of esters is 1. The first-order valence-corrected chi connectivity index (χ1v) is 8.13.